The second kappa shape index (κ2) is 5.06. The molecular weight excluding hydrogens is 284 g/mol. The number of benzene rings is 1. The number of halogens is 1. The lowest BCUT2D eigenvalue weighted by Crippen LogP contribution is -1.94. The van der Waals surface area contributed by atoms with E-state index in [1.165, 1.54) is 10.5 Å². The van der Waals surface area contributed by atoms with Crippen LogP contribution in [0, 0.1) is 6.92 Å². The first kappa shape index (κ1) is 11.7. The number of alkyl halides is 1. The van der Waals surface area contributed by atoms with Crippen LogP contribution in [0.2, 0.25) is 0 Å². The molecule has 0 saturated carbocycles. The van der Waals surface area contributed by atoms with Crippen LogP contribution in [0.4, 0.5) is 0 Å². The summed E-state index contributed by atoms with van der Waals surface area (Å²) in [4.78, 5) is 1.26. The van der Waals surface area contributed by atoms with Gasteiger partial charge in [-0.1, -0.05) is 22.0 Å². The normalized spacial score (nSPS) is 10.7. The molecular formula is C12H13BrN2S. The maximum absolute atomic E-state index is 4.50. The number of hydrogen-bond donors (Lipinski definition) is 0. The van der Waals surface area contributed by atoms with Gasteiger partial charge in [-0.05, 0) is 31.4 Å². The van der Waals surface area contributed by atoms with Crippen molar-refractivity contribution >= 4 is 27.7 Å². The molecule has 0 radical (unpaired) electrons. The summed E-state index contributed by atoms with van der Waals surface area (Å²) in [7, 11) is 0. The Morgan fingerprint density at radius 3 is 2.88 bits per heavy atom. The van der Waals surface area contributed by atoms with Gasteiger partial charge in [0.25, 0.3) is 0 Å². The fourth-order valence-corrected chi connectivity index (χ4v) is 2.52. The molecule has 0 atom stereocenters. The summed E-state index contributed by atoms with van der Waals surface area (Å²) in [6.45, 7) is 2.03. The quantitative estimate of drug-likeness (QED) is 0.633. The molecule has 0 fully saturated rings. The van der Waals surface area contributed by atoms with Crippen molar-refractivity contribution in [1.29, 1.82) is 0 Å². The van der Waals surface area contributed by atoms with Gasteiger partial charge in [0, 0.05) is 22.0 Å². The van der Waals surface area contributed by atoms with Crippen molar-refractivity contribution in [2.45, 2.75) is 17.1 Å². The molecule has 0 N–H and O–H groups in total. The van der Waals surface area contributed by atoms with Gasteiger partial charge in [-0.25, -0.2) is 4.68 Å². The second-order valence-electron chi connectivity index (χ2n) is 3.52. The molecule has 0 aliphatic carbocycles. The molecule has 0 aliphatic rings. The van der Waals surface area contributed by atoms with Crippen molar-refractivity contribution in [3.8, 4) is 5.69 Å². The lowest BCUT2D eigenvalue weighted by molar-refractivity contribution is 0.860. The molecule has 0 amide bonds. The Kier molecular flexibility index (Phi) is 3.71. The smallest absolute Gasteiger partial charge is 0.0656 e. The Hall–Kier alpha value is -0.740. The zero-order valence-electron chi connectivity index (χ0n) is 9.27. The van der Waals surface area contributed by atoms with Gasteiger partial charge in [0.05, 0.1) is 11.4 Å². The molecule has 1 heterocycles. The van der Waals surface area contributed by atoms with Crippen LogP contribution in [0.1, 0.15) is 11.3 Å². The van der Waals surface area contributed by atoms with Gasteiger partial charge in [-0.3, -0.25) is 0 Å². The van der Waals surface area contributed by atoms with Crippen LogP contribution in [0.25, 0.3) is 5.69 Å². The Bertz CT molecular complexity index is 494. The molecule has 0 saturated heterocycles. The van der Waals surface area contributed by atoms with Gasteiger partial charge < -0.3 is 0 Å². The second-order valence-corrected chi connectivity index (χ2v) is 4.96. The van der Waals surface area contributed by atoms with Crippen LogP contribution in [-0.2, 0) is 5.33 Å². The van der Waals surface area contributed by atoms with E-state index in [1.54, 1.807) is 11.8 Å². The summed E-state index contributed by atoms with van der Waals surface area (Å²) >= 11 is 5.21. The summed E-state index contributed by atoms with van der Waals surface area (Å²) in [6.07, 6.45) is 4.15. The van der Waals surface area contributed by atoms with E-state index in [-0.39, 0.29) is 0 Å². The zero-order chi connectivity index (χ0) is 11.5. The lowest BCUT2D eigenvalue weighted by atomic mass is 10.3. The molecule has 0 unspecified atom stereocenters. The van der Waals surface area contributed by atoms with E-state index in [0.29, 0.717) is 0 Å². The third-order valence-corrected chi connectivity index (χ3v) is 3.79. The third-order valence-electron chi connectivity index (χ3n) is 2.46. The average molecular weight is 297 g/mol. The first-order chi connectivity index (χ1) is 7.74. The number of thioether (sulfide) groups is 1. The summed E-state index contributed by atoms with van der Waals surface area (Å²) in [5.41, 5.74) is 3.42. The Labute approximate surface area is 108 Å². The van der Waals surface area contributed by atoms with Crippen molar-refractivity contribution in [1.82, 2.24) is 9.78 Å². The predicted octanol–water partition coefficient (Wildman–Crippen LogP) is 3.80. The Morgan fingerprint density at radius 2 is 2.25 bits per heavy atom. The fraction of sp³-hybridized carbons (Fsp3) is 0.250. The minimum Gasteiger partial charge on any atom is -0.240 e. The fourth-order valence-electron chi connectivity index (χ4n) is 1.51. The van der Waals surface area contributed by atoms with Crippen molar-refractivity contribution < 1.29 is 0 Å². The topological polar surface area (TPSA) is 17.8 Å². The van der Waals surface area contributed by atoms with E-state index < -0.39 is 0 Å². The standard InChI is InChI=1S/C12H13BrN2S/c1-9-10(7-13)8-15(14-9)11-4-3-5-12(6-11)16-2/h3-6,8H,7H2,1-2H3. The van der Waals surface area contributed by atoms with Crippen LogP contribution >= 0.6 is 27.7 Å². The number of aromatic nitrogens is 2. The Morgan fingerprint density at radius 1 is 1.44 bits per heavy atom. The SMILES string of the molecule is CSc1cccc(-n2cc(CBr)c(C)n2)c1. The summed E-state index contributed by atoms with van der Waals surface area (Å²) in [5.74, 6) is 0. The van der Waals surface area contributed by atoms with Gasteiger partial charge >= 0.3 is 0 Å². The zero-order valence-corrected chi connectivity index (χ0v) is 11.7. The lowest BCUT2D eigenvalue weighted by Gasteiger charge is -2.02. The first-order valence-electron chi connectivity index (χ1n) is 5.00. The molecule has 16 heavy (non-hydrogen) atoms. The van der Waals surface area contributed by atoms with Gasteiger partial charge in [0.2, 0.25) is 0 Å². The third kappa shape index (κ3) is 2.33. The van der Waals surface area contributed by atoms with Crippen LogP contribution in [0.5, 0.6) is 0 Å². The van der Waals surface area contributed by atoms with Crippen LogP contribution in [-0.4, -0.2) is 16.0 Å². The summed E-state index contributed by atoms with van der Waals surface area (Å²) in [6, 6.07) is 8.39. The molecule has 2 aromatic rings. The van der Waals surface area contributed by atoms with Crippen molar-refractivity contribution in [2.24, 2.45) is 0 Å². The monoisotopic (exact) mass is 296 g/mol. The predicted molar refractivity (Wildman–Crippen MR) is 72.7 cm³/mol. The minimum absolute atomic E-state index is 0.848. The summed E-state index contributed by atoms with van der Waals surface area (Å²) < 4.78 is 1.94. The average Bonchev–Trinajstić information content (AvgIpc) is 2.71. The number of aryl methyl sites for hydroxylation is 1. The van der Waals surface area contributed by atoms with Crippen LogP contribution in [0.15, 0.2) is 35.4 Å². The molecule has 0 spiro atoms. The Balaban J connectivity index is 2.41. The van der Waals surface area contributed by atoms with Gasteiger partial charge in [0.1, 0.15) is 0 Å². The molecule has 2 rings (SSSR count). The maximum atomic E-state index is 4.50. The molecule has 1 aromatic carbocycles. The highest BCUT2D eigenvalue weighted by molar-refractivity contribution is 9.08. The van der Waals surface area contributed by atoms with Crippen LogP contribution in [0.3, 0.4) is 0 Å². The maximum Gasteiger partial charge on any atom is 0.0656 e. The minimum atomic E-state index is 0.848. The molecule has 4 heteroatoms. The largest absolute Gasteiger partial charge is 0.240 e. The van der Waals surface area contributed by atoms with Crippen molar-refractivity contribution in [3.05, 3.63) is 41.7 Å². The highest BCUT2D eigenvalue weighted by Crippen LogP contribution is 2.19. The molecule has 0 bridgehead atoms. The van der Waals surface area contributed by atoms with Gasteiger partial charge in [-0.15, -0.1) is 11.8 Å². The van der Waals surface area contributed by atoms with E-state index >= 15 is 0 Å². The molecule has 1 aromatic heterocycles. The van der Waals surface area contributed by atoms with Crippen molar-refractivity contribution in [2.75, 3.05) is 6.26 Å². The highest BCUT2D eigenvalue weighted by atomic mass is 79.9. The van der Waals surface area contributed by atoms with Gasteiger partial charge in [-0.2, -0.15) is 5.10 Å². The van der Waals surface area contributed by atoms with E-state index in [1.807, 2.05) is 11.6 Å². The van der Waals surface area contributed by atoms with E-state index in [0.717, 1.165) is 16.7 Å². The number of hydrogen-bond acceptors (Lipinski definition) is 2. The van der Waals surface area contributed by atoms with Crippen molar-refractivity contribution in [3.63, 3.8) is 0 Å². The first-order valence-corrected chi connectivity index (χ1v) is 7.34. The van der Waals surface area contributed by atoms with E-state index in [4.69, 9.17) is 0 Å². The molecule has 0 aliphatic heterocycles. The van der Waals surface area contributed by atoms with Crippen LogP contribution < -0.4 is 0 Å². The molecule has 2 nitrogen and oxygen atoms in total. The van der Waals surface area contributed by atoms with E-state index in [9.17, 15) is 0 Å². The van der Waals surface area contributed by atoms with E-state index in [2.05, 4.69) is 57.7 Å². The van der Waals surface area contributed by atoms with Gasteiger partial charge in [0.15, 0.2) is 0 Å². The number of rotatable bonds is 3. The number of nitrogens with zero attached hydrogens (tertiary/aromatic N) is 2. The highest BCUT2D eigenvalue weighted by Gasteiger charge is 2.05. The molecule has 84 valence electrons. The summed E-state index contributed by atoms with van der Waals surface area (Å²) in [5, 5.41) is 5.35.